The Morgan fingerprint density at radius 2 is 1.74 bits per heavy atom. The van der Waals surface area contributed by atoms with E-state index in [1.54, 1.807) is 24.4 Å². The highest BCUT2D eigenvalue weighted by atomic mass is 32.2. The van der Waals surface area contributed by atoms with Crippen LogP contribution in [-0.4, -0.2) is 131 Å². The molecule has 1 unspecified atom stereocenters. The molecule has 4 N–H and O–H groups in total. The predicted octanol–water partition coefficient (Wildman–Crippen LogP) is 3.57. The molecule has 5 aliphatic heterocycles. The number of nitrogens with one attached hydrogen (secondary N) is 3. The Balaban J connectivity index is 0.746. The van der Waals surface area contributed by atoms with Crippen LogP contribution in [0.1, 0.15) is 61.5 Å². The first-order chi connectivity index (χ1) is 31.1. The molecule has 0 radical (unpaired) electrons. The number of anilines is 2. The van der Waals surface area contributed by atoms with E-state index in [9.17, 15) is 41.9 Å². The number of carbonyl (C=O) groups excluding carboxylic acids is 5. The monoisotopic (exact) mass is 910 g/mol. The topological polar surface area (TPSA) is 205 Å². The summed E-state index contributed by atoms with van der Waals surface area (Å²) in [5.41, 5.74) is 2.21. The van der Waals surface area contributed by atoms with Crippen LogP contribution in [0.25, 0.3) is 22.2 Å². The van der Waals surface area contributed by atoms with Crippen molar-refractivity contribution in [2.24, 2.45) is 5.41 Å². The van der Waals surface area contributed by atoms with Crippen LogP contribution >= 0.6 is 0 Å². The molecular weight excluding hydrogens is 870 g/mol. The first kappa shape index (κ1) is 42.5. The van der Waals surface area contributed by atoms with Crippen LogP contribution in [0.3, 0.4) is 0 Å². The van der Waals surface area contributed by atoms with Gasteiger partial charge in [-0.3, -0.25) is 38.9 Å². The van der Waals surface area contributed by atoms with Crippen LogP contribution in [0.4, 0.5) is 24.5 Å². The number of ketones is 2. The number of H-pyrrole nitrogens is 1. The normalized spacial score (nSPS) is 21.3. The van der Waals surface area contributed by atoms with E-state index in [2.05, 4.69) is 20.2 Å². The highest BCUT2D eigenvalue weighted by molar-refractivity contribution is 7.90. The molecule has 3 amide bonds. The highest BCUT2D eigenvalue weighted by Crippen LogP contribution is 2.42. The number of aromatic amines is 1. The van der Waals surface area contributed by atoms with Gasteiger partial charge in [-0.1, -0.05) is 18.2 Å². The molecule has 65 heavy (non-hydrogen) atoms. The number of Topliss-reactive ketones (excluding diaryl/α,β-unsaturated/α-hetero) is 1. The van der Waals surface area contributed by atoms with Crippen LogP contribution in [0.2, 0.25) is 0 Å². The summed E-state index contributed by atoms with van der Waals surface area (Å²) in [7, 11) is -4.37. The number of rotatable bonds is 12. The van der Waals surface area contributed by atoms with Gasteiger partial charge in [-0.25, -0.2) is 18.2 Å². The highest BCUT2D eigenvalue weighted by Gasteiger charge is 2.52. The SMILES string of the molecule is O=C1CCC(N2Cc3cc(C(=O)[C@H](O)CN4CC5(C4)CN(c4ccc(-c6cnc7[nH]cc(C(=O)c8c(F)ccc(NS(=O)(=O)N9CC[C@@H](F)C9)c8F)c7c6)cc4)C5)ccc3C2=O)C(=O)N1. The molecular formula is C45H41F3N8O8S. The van der Waals surface area contributed by atoms with E-state index in [1.807, 2.05) is 33.9 Å². The lowest BCUT2D eigenvalue weighted by atomic mass is 9.72. The van der Waals surface area contributed by atoms with E-state index in [1.165, 1.54) is 17.2 Å². The van der Waals surface area contributed by atoms with Crippen molar-refractivity contribution in [3.63, 3.8) is 0 Å². The Hall–Kier alpha value is -6.48. The number of pyridine rings is 1. The Morgan fingerprint density at radius 1 is 0.969 bits per heavy atom. The van der Waals surface area contributed by atoms with Crippen molar-refractivity contribution in [3.05, 3.63) is 113 Å². The van der Waals surface area contributed by atoms with Crippen molar-refractivity contribution in [1.29, 1.82) is 0 Å². The van der Waals surface area contributed by atoms with E-state index >= 15 is 8.78 Å². The van der Waals surface area contributed by atoms with Gasteiger partial charge in [0.1, 0.15) is 29.8 Å². The van der Waals surface area contributed by atoms with Crippen molar-refractivity contribution >= 4 is 61.9 Å². The number of hydrogen-bond acceptors (Lipinski definition) is 11. The third-order valence-corrected chi connectivity index (χ3v) is 14.5. The molecule has 2 aromatic heterocycles. The number of carbonyl (C=O) groups is 5. The van der Waals surface area contributed by atoms with Crippen LogP contribution in [-0.2, 0) is 26.3 Å². The lowest BCUT2D eigenvalue weighted by Gasteiger charge is -2.61. The molecule has 3 aromatic carbocycles. The fourth-order valence-electron chi connectivity index (χ4n) is 9.72. The van der Waals surface area contributed by atoms with E-state index < -0.39 is 75.4 Å². The predicted molar refractivity (Wildman–Crippen MR) is 229 cm³/mol. The molecule has 3 atom stereocenters. The molecule has 7 heterocycles. The number of benzene rings is 3. The van der Waals surface area contributed by atoms with Gasteiger partial charge in [0, 0.05) is 110 Å². The zero-order valence-electron chi connectivity index (χ0n) is 34.5. The van der Waals surface area contributed by atoms with Crippen LogP contribution in [0.15, 0.2) is 73.1 Å². The van der Waals surface area contributed by atoms with E-state index in [0.29, 0.717) is 40.8 Å². The number of nitrogens with zero attached hydrogens (tertiary/aromatic N) is 5. The van der Waals surface area contributed by atoms with Gasteiger partial charge in [-0.15, -0.1) is 0 Å². The summed E-state index contributed by atoms with van der Waals surface area (Å²) in [5, 5.41) is 13.5. The third kappa shape index (κ3) is 7.62. The number of hydrogen-bond donors (Lipinski definition) is 4. The molecule has 10 rings (SSSR count). The molecule has 20 heteroatoms. The third-order valence-electron chi connectivity index (χ3n) is 13.0. The van der Waals surface area contributed by atoms with Crippen molar-refractivity contribution in [2.45, 2.75) is 44.1 Å². The average molecular weight is 911 g/mol. The Kier molecular flexibility index (Phi) is 10.4. The first-order valence-electron chi connectivity index (χ1n) is 21.1. The summed E-state index contributed by atoms with van der Waals surface area (Å²) in [4.78, 5) is 77.0. The Morgan fingerprint density at radius 3 is 2.46 bits per heavy atom. The van der Waals surface area contributed by atoms with E-state index in [-0.39, 0.29) is 67.3 Å². The van der Waals surface area contributed by atoms with Gasteiger partial charge in [0.25, 0.3) is 5.91 Å². The number of likely N-dealkylation sites (tertiary alicyclic amines) is 1. The zero-order chi connectivity index (χ0) is 45.5. The van der Waals surface area contributed by atoms with Crippen molar-refractivity contribution < 1.29 is 50.7 Å². The minimum absolute atomic E-state index is 0.0106. The maximum atomic E-state index is 15.7. The maximum Gasteiger partial charge on any atom is 0.301 e. The summed E-state index contributed by atoms with van der Waals surface area (Å²) in [6.07, 6.45) is 0.599. The number of halogens is 3. The van der Waals surface area contributed by atoms with Gasteiger partial charge in [0.05, 0.1) is 11.3 Å². The van der Waals surface area contributed by atoms with Crippen molar-refractivity contribution in [1.82, 2.24) is 29.4 Å². The van der Waals surface area contributed by atoms with Crippen molar-refractivity contribution in [3.8, 4) is 11.1 Å². The minimum Gasteiger partial charge on any atom is -0.384 e. The van der Waals surface area contributed by atoms with Gasteiger partial charge in [0.2, 0.25) is 17.6 Å². The molecule has 16 nitrogen and oxygen atoms in total. The van der Waals surface area contributed by atoms with Crippen LogP contribution < -0.4 is 14.9 Å². The number of aliphatic hydroxyl groups is 1. The largest absolute Gasteiger partial charge is 0.384 e. The molecule has 1 spiro atoms. The van der Waals surface area contributed by atoms with Gasteiger partial charge in [0.15, 0.2) is 11.6 Å². The molecule has 5 aliphatic rings. The maximum absolute atomic E-state index is 15.7. The van der Waals surface area contributed by atoms with Gasteiger partial charge >= 0.3 is 10.2 Å². The summed E-state index contributed by atoms with van der Waals surface area (Å²) in [6.45, 7) is 2.69. The number of β-amino-alcohol motifs (C(OH)–C–C–N with tert-alkyl or cyclic N) is 1. The van der Waals surface area contributed by atoms with E-state index in [0.717, 1.165) is 40.8 Å². The average Bonchev–Trinajstić information content (AvgIpc) is 3.98. The number of fused-ring (bicyclic) bond motifs is 2. The number of aliphatic hydroxyl groups excluding tert-OH is 1. The molecule has 336 valence electrons. The lowest BCUT2D eigenvalue weighted by molar-refractivity contribution is -0.136. The molecule has 5 aromatic rings. The molecule has 0 aliphatic carbocycles. The second-order valence-electron chi connectivity index (χ2n) is 17.5. The fourth-order valence-corrected chi connectivity index (χ4v) is 11.0. The standard InChI is InChI=1S/C45H41F3N8O8S/c46-28-11-12-55(18-28)65(63,64)52-34-8-7-33(47)38(39(34)48)41(60)32-16-50-42-31(32)14-26(15-49-42)24-1-4-29(5-2-24)54-22-45(23-54)20-53(21-45)19-36(57)40(59)25-3-6-30-27(13-25)17-56(44(30)62)35-9-10-37(58)51-43(35)61/h1-8,13-16,28,35-36,52,57H,9-12,17-23H2,(H,49,50)(H,51,58,61)/t28-,35?,36-/m1/s1. The summed E-state index contributed by atoms with van der Waals surface area (Å²) >= 11 is 0. The van der Waals surface area contributed by atoms with Crippen molar-refractivity contribution in [2.75, 3.05) is 55.4 Å². The number of piperidine rings is 1. The second kappa shape index (κ2) is 15.9. The molecule has 4 fully saturated rings. The smallest absolute Gasteiger partial charge is 0.301 e. The minimum atomic E-state index is -4.37. The van der Waals surface area contributed by atoms with Crippen LogP contribution in [0.5, 0.6) is 0 Å². The number of alkyl halides is 1. The van der Waals surface area contributed by atoms with E-state index in [4.69, 9.17) is 0 Å². The molecule has 0 saturated carbocycles. The lowest BCUT2D eigenvalue weighted by Crippen LogP contribution is -2.73. The van der Waals surface area contributed by atoms with Gasteiger partial charge in [-0.2, -0.15) is 12.7 Å². The molecule has 4 saturated heterocycles. The number of amides is 3. The summed E-state index contributed by atoms with van der Waals surface area (Å²) in [6, 6.07) is 14.9. The van der Waals surface area contributed by atoms with Crippen LogP contribution in [0, 0.1) is 17.0 Å². The van der Waals surface area contributed by atoms with Gasteiger partial charge in [-0.05, 0) is 66.4 Å². The Bertz CT molecular complexity index is 2950. The second-order valence-corrected chi connectivity index (χ2v) is 19.2. The first-order valence-corrected chi connectivity index (χ1v) is 22.5. The number of aromatic nitrogens is 2. The summed E-state index contributed by atoms with van der Waals surface area (Å²) < 4.78 is 73.0. The zero-order valence-corrected chi connectivity index (χ0v) is 35.3. The Labute approximate surface area is 369 Å². The summed E-state index contributed by atoms with van der Waals surface area (Å²) in [5.74, 6) is -5.33. The van der Waals surface area contributed by atoms with Gasteiger partial charge < -0.3 is 19.9 Å². The number of imide groups is 1. The fraction of sp³-hybridized carbons (Fsp3) is 0.333. The molecule has 0 bridgehead atoms. The quantitative estimate of drug-likeness (QED) is 0.105.